The third-order valence-electron chi connectivity index (χ3n) is 14.6. The minimum Gasteiger partial charge on any atom is -0.501 e. The van der Waals surface area contributed by atoms with Gasteiger partial charge in [-0.15, -0.1) is 0 Å². The summed E-state index contributed by atoms with van der Waals surface area (Å²) in [5, 5.41) is 19.5. The second kappa shape index (κ2) is 33.9. The largest absolute Gasteiger partial charge is 0.514 e. The molecule has 0 spiro atoms. The number of nitrogens with zero attached hydrogens (tertiary/aromatic N) is 11. The van der Waals surface area contributed by atoms with Crippen molar-refractivity contribution in [1.29, 1.82) is 0 Å². The molecule has 0 amide bonds. The highest BCUT2D eigenvalue weighted by atomic mass is 79.9. The van der Waals surface area contributed by atoms with Crippen molar-refractivity contribution in [3.63, 3.8) is 0 Å². The van der Waals surface area contributed by atoms with E-state index < -0.39 is 46.4 Å². The fourth-order valence-corrected chi connectivity index (χ4v) is 10.8. The van der Waals surface area contributed by atoms with Gasteiger partial charge in [-0.3, -0.25) is 14.0 Å². The number of aliphatic hydroxyl groups excluding tert-OH is 1. The molecule has 0 bridgehead atoms. The van der Waals surface area contributed by atoms with Gasteiger partial charge < -0.3 is 28.6 Å². The van der Waals surface area contributed by atoms with E-state index in [1.54, 1.807) is 43.4 Å². The Morgan fingerprint density at radius 3 is 1.32 bits per heavy atom. The molecule has 5 aliphatic rings. The zero-order valence-corrected chi connectivity index (χ0v) is 61.0. The fourth-order valence-electron chi connectivity index (χ4n) is 8.11. The van der Waals surface area contributed by atoms with Crippen LogP contribution in [0.2, 0.25) is 25.1 Å². The third-order valence-corrected chi connectivity index (χ3v) is 18.0. The molecule has 3 aromatic heterocycles. The number of hydrogen-bond acceptors (Lipinski definition) is 9. The summed E-state index contributed by atoms with van der Waals surface area (Å²) in [5.74, 6) is -4.10. The molecule has 1 saturated heterocycles. The van der Waals surface area contributed by atoms with Gasteiger partial charge in [0, 0.05) is 44.7 Å². The maximum atomic E-state index is 14.5. The first-order valence-corrected chi connectivity index (χ1v) is 33.2. The van der Waals surface area contributed by atoms with Gasteiger partial charge in [0.25, 0.3) is 0 Å². The lowest BCUT2D eigenvalue weighted by Gasteiger charge is -2.32. The van der Waals surface area contributed by atoms with Crippen molar-refractivity contribution in [1.82, 2.24) is 29.3 Å². The molecule has 5 aromatic carbocycles. The molecule has 8 aromatic rings. The Balaban J connectivity index is 0.000000166. The molecule has 1 aliphatic heterocycles. The number of halogens is 15. The van der Waals surface area contributed by atoms with E-state index in [1.807, 2.05) is 40.8 Å². The molecule has 5 fully saturated rings. The first kappa shape index (κ1) is 78.3. The van der Waals surface area contributed by atoms with Gasteiger partial charge in [0.2, 0.25) is 28.4 Å². The van der Waals surface area contributed by atoms with E-state index in [0.29, 0.717) is 33.1 Å². The van der Waals surface area contributed by atoms with E-state index in [0.717, 1.165) is 75.2 Å². The normalized spacial score (nSPS) is 15.0. The molecule has 512 valence electrons. The zero-order valence-electron chi connectivity index (χ0n) is 52.5. The second-order valence-corrected chi connectivity index (χ2v) is 27.1. The molecule has 1 N–H and O–H groups in total. The van der Waals surface area contributed by atoms with Crippen molar-refractivity contribution in [3.05, 3.63) is 203 Å². The predicted octanol–water partition coefficient (Wildman–Crippen LogP) is 21.0. The Kier molecular flexibility index (Phi) is 27.0. The molecule has 17 nitrogen and oxygen atoms in total. The Morgan fingerprint density at radius 2 is 0.918 bits per heavy atom. The Bertz CT molecular complexity index is 4490. The smallest absolute Gasteiger partial charge is 0.501 e. The van der Waals surface area contributed by atoms with Crippen LogP contribution >= 0.6 is 106 Å². The lowest BCUT2D eigenvalue weighted by atomic mass is 9.85. The fraction of sp³-hybridized carbons (Fsp3) is 0.323. The van der Waals surface area contributed by atoms with Crippen LogP contribution in [-0.2, 0) is 30.5 Å². The second-order valence-electron chi connectivity index (χ2n) is 22.7. The monoisotopic (exact) mass is 1640 g/mol. The van der Waals surface area contributed by atoms with Crippen LogP contribution in [0.15, 0.2) is 80.5 Å². The summed E-state index contributed by atoms with van der Waals surface area (Å²) < 4.78 is 127. The number of ether oxygens (including phenoxy) is 3. The molecule has 4 saturated carbocycles. The van der Waals surface area contributed by atoms with Crippen molar-refractivity contribution in [2.75, 3.05) is 0 Å². The summed E-state index contributed by atoms with van der Waals surface area (Å²) in [6, 6.07) is 9.99. The summed E-state index contributed by atoms with van der Waals surface area (Å²) in [4.78, 5) is 15.7. The zero-order chi connectivity index (χ0) is 72.4. The Morgan fingerprint density at radius 1 is 0.510 bits per heavy atom. The van der Waals surface area contributed by atoms with Crippen LogP contribution in [0, 0.1) is 73.6 Å². The molecule has 13 rings (SSSR count). The molecule has 4 heterocycles. The Hall–Kier alpha value is -7.08. The highest BCUT2D eigenvalue weighted by Gasteiger charge is 2.52. The molecule has 4 aliphatic carbocycles. The van der Waals surface area contributed by atoms with Gasteiger partial charge >= 0.3 is 7.12 Å². The lowest BCUT2D eigenvalue weighted by molar-refractivity contribution is 0.00578. The van der Waals surface area contributed by atoms with E-state index in [-0.39, 0.29) is 111 Å². The van der Waals surface area contributed by atoms with Gasteiger partial charge in [0.15, 0.2) is 0 Å². The number of aryl methyl sites for hydroxylation is 3. The summed E-state index contributed by atoms with van der Waals surface area (Å²) in [6.45, 7) is 42.8. The van der Waals surface area contributed by atoms with E-state index in [9.17, 15) is 30.7 Å². The van der Waals surface area contributed by atoms with Crippen molar-refractivity contribution in [2.24, 2.45) is 21.1 Å². The molecule has 98 heavy (non-hydrogen) atoms. The van der Waals surface area contributed by atoms with E-state index in [4.69, 9.17) is 119 Å². The van der Waals surface area contributed by atoms with Crippen LogP contribution in [0.5, 0.6) is 17.2 Å². The van der Waals surface area contributed by atoms with Crippen LogP contribution in [0.3, 0.4) is 0 Å². The van der Waals surface area contributed by atoms with Gasteiger partial charge in [-0.05, 0) is 144 Å². The minimum absolute atomic E-state index is 0.0371. The summed E-state index contributed by atoms with van der Waals surface area (Å²) in [5.41, 5.74) is 1.24. The summed E-state index contributed by atoms with van der Waals surface area (Å²) in [6.07, 6.45) is 13.1. The molecule has 33 heteroatoms. The lowest BCUT2D eigenvalue weighted by Crippen LogP contribution is -2.41. The number of aliphatic hydroxyl groups is 1. The quantitative estimate of drug-likeness (QED) is 0.0491. The standard InChI is InChI=1S/C14H10BrClFN3O.C14H11ClFN3O.C10H17BN2O2.C10H6BrClFNO.C7HBrClF2N.C7H2ClF2N.C3H6O/c1-18-13-10(21-7-3-4-7)5-9(16)12(17)11(13)14-8(15)6-19-20(14)2;1-17-14-11(20-8-3-4-8)7-9(15)13(16)12(14)10-5-6-18-19(10)2;1-9(2)10(3,4)15-11(14-9)8-6-7-12-13(8)5;1-14-10-7(15-5-2-3-5)4-6(12)9(13)8(10)11;1-12-7-4(10)2-3(9)6(11)5(7)8;1-11-7-3-5(9)4(8)2-6(7)10;4-3-1-2-3/h5-7H,3-4H2,2H3;5-8H,3-4H2,2H3;6-7H,1-5H3;4-5H,2-3H2;2H;2-3H;3-4H,1-2H2. The average Bonchev–Trinajstić information content (AvgIpc) is 1.57. The van der Waals surface area contributed by atoms with Crippen LogP contribution in [0.1, 0.15) is 79.1 Å². The molecular formula is C65H53BBr3Cl5F7N11O6. The first-order valence-electron chi connectivity index (χ1n) is 29.0. The average molecular weight is 1640 g/mol. The van der Waals surface area contributed by atoms with Gasteiger partial charge in [-0.2, -0.15) is 15.3 Å². The topological polar surface area (TPSA) is 142 Å². The molecule has 0 unspecified atom stereocenters. The van der Waals surface area contributed by atoms with Crippen LogP contribution in [0.25, 0.3) is 46.7 Å². The molecule has 0 radical (unpaired) electrons. The first-order chi connectivity index (χ1) is 46.2. The number of hydrogen-bond donors (Lipinski definition) is 1. The number of rotatable bonds is 9. The van der Waals surface area contributed by atoms with E-state index >= 15 is 0 Å². The minimum atomic E-state index is -0.830. The summed E-state index contributed by atoms with van der Waals surface area (Å²) >= 11 is 37.1. The van der Waals surface area contributed by atoms with Gasteiger partial charge in [0.05, 0.1) is 130 Å². The highest BCUT2D eigenvalue weighted by Crippen LogP contribution is 2.49. The van der Waals surface area contributed by atoms with Crippen LogP contribution in [-0.4, -0.2) is 77.2 Å². The van der Waals surface area contributed by atoms with Crippen molar-refractivity contribution in [3.8, 4) is 39.8 Å². The molecular weight excluding hydrogens is 1590 g/mol. The number of benzene rings is 5. The number of aromatic nitrogens is 6. The predicted molar refractivity (Wildman–Crippen MR) is 371 cm³/mol. The van der Waals surface area contributed by atoms with Crippen molar-refractivity contribution in [2.45, 2.75) is 115 Å². The molecule has 0 atom stereocenters. The van der Waals surface area contributed by atoms with Crippen LogP contribution in [0.4, 0.5) is 59.2 Å². The van der Waals surface area contributed by atoms with E-state index in [2.05, 4.69) is 87.3 Å². The van der Waals surface area contributed by atoms with Crippen molar-refractivity contribution < 1.29 is 59.4 Å². The third kappa shape index (κ3) is 19.7. The summed E-state index contributed by atoms with van der Waals surface area (Å²) in [7, 11) is 4.93. The van der Waals surface area contributed by atoms with Gasteiger partial charge in [-0.1, -0.05) is 89.9 Å². The van der Waals surface area contributed by atoms with E-state index in [1.165, 1.54) is 27.6 Å². The van der Waals surface area contributed by atoms with Crippen LogP contribution < -0.4 is 19.8 Å². The maximum Gasteiger partial charge on any atom is 0.514 e. The maximum absolute atomic E-state index is 14.5. The van der Waals surface area contributed by atoms with Crippen molar-refractivity contribution >= 4 is 147 Å². The van der Waals surface area contributed by atoms with Gasteiger partial charge in [0.1, 0.15) is 58.0 Å². The Labute approximate surface area is 610 Å². The SMILES string of the molecule is Cn1nccc1B1OC(C)(C)C(C)(C)O1.OC1CC1.[C-]#[N+]c1c(F)cc(Cl)c(F)c1Br.[C-]#[N+]c1c(OC2CC2)cc(Cl)c(F)c1-c1c(Br)cnn1C.[C-]#[N+]c1c(OC2CC2)cc(Cl)c(F)c1-c1ccnn1C.[C-]#[N+]c1c(OC2CC2)cc(Cl)c(F)c1Br.[C-]#[N+]c1cc(F)c(Cl)cc1F. The highest BCUT2D eigenvalue weighted by molar-refractivity contribution is 9.11. The van der Waals surface area contributed by atoms with Gasteiger partial charge in [-0.25, -0.2) is 55.0 Å².